The summed E-state index contributed by atoms with van der Waals surface area (Å²) < 4.78 is 27.5. The molecule has 0 aromatic carbocycles. The summed E-state index contributed by atoms with van der Waals surface area (Å²) >= 11 is 1.16. The Morgan fingerprint density at radius 2 is 2.05 bits per heavy atom. The molecule has 1 aromatic rings. The summed E-state index contributed by atoms with van der Waals surface area (Å²) in [5, 5.41) is 1.72. The molecule has 1 saturated heterocycles. The predicted molar refractivity (Wildman–Crippen MR) is 83.7 cm³/mol. The first kappa shape index (κ1) is 16.5. The van der Waals surface area contributed by atoms with Crippen LogP contribution in [0.25, 0.3) is 0 Å². The zero-order valence-electron chi connectivity index (χ0n) is 12.4. The third-order valence-corrected chi connectivity index (χ3v) is 6.35. The molecule has 0 aliphatic carbocycles. The van der Waals surface area contributed by atoms with Crippen LogP contribution in [0, 0.1) is 5.92 Å². The van der Waals surface area contributed by atoms with Crippen LogP contribution >= 0.6 is 11.3 Å². The second-order valence-electron chi connectivity index (χ2n) is 5.77. The Labute approximate surface area is 130 Å². The number of thiophene rings is 1. The van der Waals surface area contributed by atoms with Gasteiger partial charge in [0.05, 0.1) is 0 Å². The first-order valence-corrected chi connectivity index (χ1v) is 9.61. The molecule has 1 aliphatic heterocycles. The molecule has 1 fully saturated rings. The fourth-order valence-corrected chi connectivity index (χ4v) is 4.70. The number of sulfonamides is 1. The number of carbonyl (C=O) groups is 1. The van der Waals surface area contributed by atoms with E-state index >= 15 is 0 Å². The van der Waals surface area contributed by atoms with Crippen LogP contribution in [0.4, 0.5) is 0 Å². The summed E-state index contributed by atoms with van der Waals surface area (Å²) in [4.78, 5) is 14.3. The highest BCUT2D eigenvalue weighted by Crippen LogP contribution is 2.19. The number of amides is 1. The van der Waals surface area contributed by atoms with Crippen LogP contribution < -0.4 is 4.72 Å². The lowest BCUT2D eigenvalue weighted by atomic mass is 10.0. The topological polar surface area (TPSA) is 66.5 Å². The van der Waals surface area contributed by atoms with Gasteiger partial charge in [0, 0.05) is 13.1 Å². The van der Waals surface area contributed by atoms with Crippen LogP contribution in [0.1, 0.15) is 33.1 Å². The van der Waals surface area contributed by atoms with E-state index in [0.717, 1.165) is 37.3 Å². The lowest BCUT2D eigenvalue weighted by Gasteiger charge is -2.24. The normalized spacial score (nSPS) is 17.4. The number of nitrogens with one attached hydrogen (secondary N) is 1. The Morgan fingerprint density at radius 3 is 2.57 bits per heavy atom. The summed E-state index contributed by atoms with van der Waals surface area (Å²) in [6, 6.07) is 2.58. The molecule has 21 heavy (non-hydrogen) atoms. The lowest BCUT2D eigenvalue weighted by Crippen LogP contribution is -2.48. The second-order valence-corrected chi connectivity index (χ2v) is 8.66. The number of carbonyl (C=O) groups excluding carboxylic acids is 1. The fourth-order valence-electron chi connectivity index (χ4n) is 2.49. The molecule has 1 N–H and O–H groups in total. The number of rotatable bonds is 6. The molecule has 1 atom stereocenters. The van der Waals surface area contributed by atoms with Crippen LogP contribution in [-0.4, -0.2) is 38.4 Å². The quantitative estimate of drug-likeness (QED) is 0.868. The van der Waals surface area contributed by atoms with Gasteiger partial charge in [-0.3, -0.25) is 4.79 Å². The molecule has 118 valence electrons. The maximum absolute atomic E-state index is 12.5. The van der Waals surface area contributed by atoms with Crippen LogP contribution in [0.5, 0.6) is 0 Å². The molecule has 1 aromatic heterocycles. The molecule has 0 radical (unpaired) electrons. The Bertz CT molecular complexity index is 561. The monoisotopic (exact) mass is 330 g/mol. The van der Waals surface area contributed by atoms with Crippen molar-refractivity contribution in [1.29, 1.82) is 0 Å². The minimum absolute atomic E-state index is 0.0960. The van der Waals surface area contributed by atoms with E-state index < -0.39 is 16.1 Å². The van der Waals surface area contributed by atoms with Crippen molar-refractivity contribution in [2.45, 2.75) is 43.4 Å². The van der Waals surface area contributed by atoms with Gasteiger partial charge in [-0.1, -0.05) is 19.9 Å². The van der Waals surface area contributed by atoms with Crippen molar-refractivity contribution in [2.24, 2.45) is 5.92 Å². The number of hydrogen-bond acceptors (Lipinski definition) is 4. The molecule has 5 nitrogen and oxygen atoms in total. The van der Waals surface area contributed by atoms with Crippen molar-refractivity contribution < 1.29 is 13.2 Å². The van der Waals surface area contributed by atoms with Gasteiger partial charge in [-0.25, -0.2) is 8.42 Å². The molecule has 2 heterocycles. The number of nitrogens with zero attached hydrogens (tertiary/aromatic N) is 1. The van der Waals surface area contributed by atoms with E-state index in [1.165, 1.54) is 0 Å². The molecular formula is C14H22N2O3S2. The van der Waals surface area contributed by atoms with Gasteiger partial charge >= 0.3 is 0 Å². The highest BCUT2D eigenvalue weighted by Gasteiger charge is 2.31. The Balaban J connectivity index is 2.14. The summed E-state index contributed by atoms with van der Waals surface area (Å²) in [7, 11) is -3.62. The van der Waals surface area contributed by atoms with Gasteiger partial charge < -0.3 is 4.90 Å². The number of likely N-dealkylation sites (tertiary alicyclic amines) is 1. The second kappa shape index (κ2) is 6.89. The zero-order valence-corrected chi connectivity index (χ0v) is 14.0. The Kier molecular flexibility index (Phi) is 5.40. The van der Waals surface area contributed by atoms with Gasteiger partial charge in [0.15, 0.2) is 0 Å². The van der Waals surface area contributed by atoms with E-state index in [-0.39, 0.29) is 16.0 Å². The van der Waals surface area contributed by atoms with Crippen LogP contribution in [0.2, 0.25) is 0 Å². The van der Waals surface area contributed by atoms with Crippen molar-refractivity contribution in [2.75, 3.05) is 13.1 Å². The molecule has 0 bridgehead atoms. The van der Waals surface area contributed by atoms with Gasteiger partial charge in [-0.2, -0.15) is 4.72 Å². The smallest absolute Gasteiger partial charge is 0.250 e. The van der Waals surface area contributed by atoms with Gasteiger partial charge in [-0.05, 0) is 36.6 Å². The van der Waals surface area contributed by atoms with Gasteiger partial charge in [-0.15, -0.1) is 11.3 Å². The summed E-state index contributed by atoms with van der Waals surface area (Å²) in [6.45, 7) is 5.44. The van der Waals surface area contributed by atoms with Crippen molar-refractivity contribution in [3.63, 3.8) is 0 Å². The maximum atomic E-state index is 12.5. The van der Waals surface area contributed by atoms with E-state index in [4.69, 9.17) is 0 Å². The van der Waals surface area contributed by atoms with Crippen LogP contribution in [0.15, 0.2) is 21.7 Å². The molecule has 7 heteroatoms. The van der Waals surface area contributed by atoms with E-state index in [1.54, 1.807) is 22.4 Å². The highest BCUT2D eigenvalue weighted by atomic mass is 32.2. The third kappa shape index (κ3) is 4.28. The lowest BCUT2D eigenvalue weighted by molar-refractivity contribution is -0.132. The minimum atomic E-state index is -3.62. The molecule has 1 aliphatic rings. The largest absolute Gasteiger partial charge is 0.341 e. The Morgan fingerprint density at radius 1 is 1.38 bits per heavy atom. The van der Waals surface area contributed by atoms with Crippen molar-refractivity contribution >= 4 is 27.3 Å². The van der Waals surface area contributed by atoms with E-state index in [0.29, 0.717) is 6.42 Å². The van der Waals surface area contributed by atoms with Crippen molar-refractivity contribution in [3.05, 3.63) is 17.5 Å². The van der Waals surface area contributed by atoms with Gasteiger partial charge in [0.2, 0.25) is 5.91 Å². The molecule has 0 spiro atoms. The van der Waals surface area contributed by atoms with Crippen molar-refractivity contribution in [1.82, 2.24) is 9.62 Å². The van der Waals surface area contributed by atoms with E-state index in [9.17, 15) is 13.2 Å². The molecule has 0 saturated carbocycles. The average Bonchev–Trinajstić information content (AvgIpc) is 3.09. The predicted octanol–water partition coefficient (Wildman–Crippen LogP) is 2.06. The highest BCUT2D eigenvalue weighted by molar-refractivity contribution is 7.91. The SMILES string of the molecule is CC(C)C[C@H](NS(=O)(=O)c1cccs1)C(=O)N1CCCC1. The first-order valence-electron chi connectivity index (χ1n) is 7.25. The maximum Gasteiger partial charge on any atom is 0.250 e. The van der Waals surface area contributed by atoms with Gasteiger partial charge in [0.25, 0.3) is 10.0 Å². The summed E-state index contributed by atoms with van der Waals surface area (Å²) in [5.41, 5.74) is 0. The van der Waals surface area contributed by atoms with Crippen molar-refractivity contribution in [3.8, 4) is 0 Å². The zero-order chi connectivity index (χ0) is 15.5. The fraction of sp³-hybridized carbons (Fsp3) is 0.643. The van der Waals surface area contributed by atoms with Crippen LogP contribution in [-0.2, 0) is 14.8 Å². The molecule has 2 rings (SSSR count). The first-order chi connectivity index (χ1) is 9.90. The molecular weight excluding hydrogens is 308 g/mol. The van der Waals surface area contributed by atoms with E-state index in [2.05, 4.69) is 4.72 Å². The number of hydrogen-bond donors (Lipinski definition) is 1. The van der Waals surface area contributed by atoms with E-state index in [1.807, 2.05) is 13.8 Å². The average molecular weight is 330 g/mol. The standard InChI is InChI=1S/C14H22N2O3S2/c1-11(2)10-12(14(17)16-7-3-4-8-16)15-21(18,19)13-6-5-9-20-13/h5-6,9,11-12,15H,3-4,7-8,10H2,1-2H3/t12-/m0/s1. The van der Waals surface area contributed by atoms with Crippen LogP contribution in [0.3, 0.4) is 0 Å². The van der Waals surface area contributed by atoms with Gasteiger partial charge in [0.1, 0.15) is 10.3 Å². The summed E-state index contributed by atoms with van der Waals surface area (Å²) in [5.74, 6) is 0.147. The molecule has 1 amide bonds. The summed E-state index contributed by atoms with van der Waals surface area (Å²) in [6.07, 6.45) is 2.51. The minimum Gasteiger partial charge on any atom is -0.341 e. The molecule has 0 unspecified atom stereocenters. The third-order valence-electron chi connectivity index (χ3n) is 3.48. The Hall–Kier alpha value is -0.920.